The number of hydrogen-bond acceptors (Lipinski definition) is 2. The highest BCUT2D eigenvalue weighted by atomic mass is 16.4. The van der Waals surface area contributed by atoms with Gasteiger partial charge in [-0.2, -0.15) is 0 Å². The third kappa shape index (κ3) is 18.1. The molecule has 23 heavy (non-hydrogen) atoms. The van der Waals surface area contributed by atoms with Crippen LogP contribution in [0.4, 0.5) is 0 Å². The fraction of sp³-hybridized carbons (Fsp3) is 0.450. The topological polar surface area (TPSA) is 57.5 Å². The smallest absolute Gasteiger partial charge is 0.303 e. The van der Waals surface area contributed by atoms with Crippen molar-refractivity contribution in [2.75, 3.05) is 0 Å². The van der Waals surface area contributed by atoms with Gasteiger partial charge in [-0.05, 0) is 38.5 Å². The molecular formula is C20H30O3. The maximum Gasteiger partial charge on any atom is 0.303 e. The first-order chi connectivity index (χ1) is 11.2. The Labute approximate surface area is 140 Å². The number of carboxylic acids is 1. The molecule has 3 heteroatoms. The highest BCUT2D eigenvalue weighted by Gasteiger charge is 1.93. The van der Waals surface area contributed by atoms with Crippen molar-refractivity contribution in [3.05, 3.63) is 60.8 Å². The van der Waals surface area contributed by atoms with E-state index in [1.165, 1.54) is 0 Å². The van der Waals surface area contributed by atoms with E-state index < -0.39 is 12.1 Å². The Morgan fingerprint density at radius 2 is 1.65 bits per heavy atom. The van der Waals surface area contributed by atoms with Crippen molar-refractivity contribution in [1.82, 2.24) is 0 Å². The van der Waals surface area contributed by atoms with Crippen molar-refractivity contribution in [2.24, 2.45) is 0 Å². The molecule has 0 aromatic heterocycles. The molecule has 0 aliphatic carbocycles. The fourth-order valence-electron chi connectivity index (χ4n) is 1.77. The molecule has 0 radical (unpaired) electrons. The van der Waals surface area contributed by atoms with Crippen molar-refractivity contribution < 1.29 is 15.0 Å². The molecule has 3 nitrogen and oxygen atoms in total. The standard InChI is InChI=1S/C20H30O3/c1-2-3-13-16-19(21)17-14-11-9-7-5-4-6-8-10-12-15-18-20(22)23/h3-5,8-11,13-14,17,19,21H,2,6-7,12,15-16,18H2,1H3,(H,22,23)/b5-4+,10-8+,11-9+,13-3+,17-14+/t19-/m1/s1. The van der Waals surface area contributed by atoms with Crippen LogP contribution in [0.2, 0.25) is 0 Å². The van der Waals surface area contributed by atoms with Gasteiger partial charge in [-0.3, -0.25) is 4.79 Å². The molecule has 0 amide bonds. The molecule has 0 heterocycles. The van der Waals surface area contributed by atoms with Crippen LogP contribution >= 0.6 is 0 Å². The lowest BCUT2D eigenvalue weighted by Gasteiger charge is -1.98. The van der Waals surface area contributed by atoms with Crippen LogP contribution in [0.3, 0.4) is 0 Å². The van der Waals surface area contributed by atoms with Crippen molar-refractivity contribution in [2.45, 2.75) is 58.0 Å². The minimum absolute atomic E-state index is 0.238. The quantitative estimate of drug-likeness (QED) is 0.286. The zero-order chi connectivity index (χ0) is 17.2. The van der Waals surface area contributed by atoms with Gasteiger partial charge in [0, 0.05) is 6.42 Å². The van der Waals surface area contributed by atoms with Crippen LogP contribution in [0.1, 0.15) is 51.9 Å². The molecule has 0 spiro atoms. The summed E-state index contributed by atoms with van der Waals surface area (Å²) in [7, 11) is 0. The van der Waals surface area contributed by atoms with E-state index in [1.54, 1.807) is 6.08 Å². The highest BCUT2D eigenvalue weighted by molar-refractivity contribution is 5.66. The Kier molecular flexibility index (Phi) is 15.2. The summed E-state index contributed by atoms with van der Waals surface area (Å²) in [5.41, 5.74) is 0. The number of rotatable bonds is 13. The molecule has 0 aliphatic rings. The van der Waals surface area contributed by atoms with Crippen LogP contribution in [0.25, 0.3) is 0 Å². The molecule has 0 saturated heterocycles. The van der Waals surface area contributed by atoms with E-state index in [9.17, 15) is 9.90 Å². The minimum atomic E-state index is -0.732. The summed E-state index contributed by atoms with van der Waals surface area (Å²) in [6.07, 6.45) is 24.7. The van der Waals surface area contributed by atoms with Gasteiger partial charge in [-0.1, -0.05) is 67.7 Å². The van der Waals surface area contributed by atoms with E-state index >= 15 is 0 Å². The summed E-state index contributed by atoms with van der Waals surface area (Å²) in [5, 5.41) is 18.1. The lowest BCUT2D eigenvalue weighted by atomic mass is 10.2. The highest BCUT2D eigenvalue weighted by Crippen LogP contribution is 1.99. The number of aliphatic hydroxyl groups excluding tert-OH is 1. The first kappa shape index (κ1) is 21.1. The number of aliphatic hydroxyl groups is 1. The van der Waals surface area contributed by atoms with E-state index in [2.05, 4.69) is 31.2 Å². The number of carbonyl (C=O) groups is 1. The Morgan fingerprint density at radius 1 is 0.957 bits per heavy atom. The van der Waals surface area contributed by atoms with E-state index in [1.807, 2.05) is 30.4 Å². The summed E-state index contributed by atoms with van der Waals surface area (Å²) in [4.78, 5) is 10.3. The lowest BCUT2D eigenvalue weighted by Crippen LogP contribution is -1.98. The monoisotopic (exact) mass is 318 g/mol. The summed E-state index contributed by atoms with van der Waals surface area (Å²) < 4.78 is 0. The third-order valence-electron chi connectivity index (χ3n) is 3.00. The molecule has 128 valence electrons. The maximum absolute atomic E-state index is 10.3. The zero-order valence-corrected chi connectivity index (χ0v) is 14.1. The Morgan fingerprint density at radius 3 is 2.35 bits per heavy atom. The van der Waals surface area contributed by atoms with Crippen LogP contribution in [0.5, 0.6) is 0 Å². The van der Waals surface area contributed by atoms with Gasteiger partial charge in [0.05, 0.1) is 6.10 Å². The van der Waals surface area contributed by atoms with Crippen LogP contribution in [-0.2, 0) is 4.79 Å². The zero-order valence-electron chi connectivity index (χ0n) is 14.1. The predicted octanol–water partition coefficient (Wildman–Crippen LogP) is 4.96. The normalized spacial score (nSPS) is 14.2. The third-order valence-corrected chi connectivity index (χ3v) is 3.00. The molecule has 0 aromatic rings. The van der Waals surface area contributed by atoms with Crippen LogP contribution in [0, 0.1) is 0 Å². The van der Waals surface area contributed by atoms with Crippen molar-refractivity contribution in [1.29, 1.82) is 0 Å². The van der Waals surface area contributed by atoms with E-state index in [-0.39, 0.29) is 6.42 Å². The van der Waals surface area contributed by atoms with Crippen molar-refractivity contribution in [3.63, 3.8) is 0 Å². The van der Waals surface area contributed by atoms with Crippen molar-refractivity contribution >= 4 is 5.97 Å². The van der Waals surface area contributed by atoms with Gasteiger partial charge in [-0.15, -0.1) is 0 Å². The molecule has 0 fully saturated rings. The van der Waals surface area contributed by atoms with Gasteiger partial charge >= 0.3 is 5.97 Å². The Bertz CT molecular complexity index is 428. The summed E-state index contributed by atoms with van der Waals surface area (Å²) >= 11 is 0. The van der Waals surface area contributed by atoms with Gasteiger partial charge in [0.15, 0.2) is 0 Å². The van der Waals surface area contributed by atoms with Gasteiger partial charge in [0.2, 0.25) is 0 Å². The summed E-state index contributed by atoms with van der Waals surface area (Å²) in [5.74, 6) is -0.732. The number of carboxylic acid groups (broad SMARTS) is 1. The molecular weight excluding hydrogens is 288 g/mol. The molecule has 1 atom stereocenters. The van der Waals surface area contributed by atoms with Gasteiger partial charge < -0.3 is 10.2 Å². The summed E-state index contributed by atoms with van der Waals surface area (Å²) in [6.45, 7) is 2.07. The maximum atomic E-state index is 10.3. The van der Waals surface area contributed by atoms with Crippen LogP contribution < -0.4 is 0 Å². The first-order valence-corrected chi connectivity index (χ1v) is 8.35. The average Bonchev–Trinajstić information content (AvgIpc) is 2.51. The Balaban J connectivity index is 3.63. The molecule has 0 aliphatic heterocycles. The Hall–Kier alpha value is -1.87. The summed E-state index contributed by atoms with van der Waals surface area (Å²) in [6, 6.07) is 0. The molecule has 0 bridgehead atoms. The number of hydrogen-bond donors (Lipinski definition) is 2. The number of allylic oxidation sites excluding steroid dienone is 8. The second-order valence-electron chi connectivity index (χ2n) is 5.20. The number of aliphatic carboxylic acids is 1. The SMILES string of the molecule is CC/C=C/C[C@@H](O)/C=C/C=C/C/C=C/C/C=C/CCCC(=O)O. The van der Waals surface area contributed by atoms with E-state index in [0.29, 0.717) is 12.8 Å². The van der Waals surface area contributed by atoms with Gasteiger partial charge in [-0.25, -0.2) is 0 Å². The molecule has 0 rings (SSSR count). The first-order valence-electron chi connectivity index (χ1n) is 8.35. The molecule has 0 saturated carbocycles. The fourth-order valence-corrected chi connectivity index (χ4v) is 1.77. The van der Waals surface area contributed by atoms with Crippen molar-refractivity contribution in [3.8, 4) is 0 Å². The lowest BCUT2D eigenvalue weighted by molar-refractivity contribution is -0.137. The largest absolute Gasteiger partial charge is 0.481 e. The minimum Gasteiger partial charge on any atom is -0.481 e. The van der Waals surface area contributed by atoms with Gasteiger partial charge in [0.25, 0.3) is 0 Å². The van der Waals surface area contributed by atoms with E-state index in [0.717, 1.165) is 25.7 Å². The number of unbranched alkanes of at least 4 members (excludes halogenated alkanes) is 1. The predicted molar refractivity (Wildman–Crippen MR) is 97.3 cm³/mol. The van der Waals surface area contributed by atoms with E-state index in [4.69, 9.17) is 5.11 Å². The molecule has 2 N–H and O–H groups in total. The second-order valence-corrected chi connectivity index (χ2v) is 5.20. The molecule has 0 aromatic carbocycles. The average molecular weight is 318 g/mol. The second kappa shape index (κ2) is 16.5. The molecule has 0 unspecified atom stereocenters. The van der Waals surface area contributed by atoms with Crippen LogP contribution in [-0.4, -0.2) is 22.3 Å². The van der Waals surface area contributed by atoms with Gasteiger partial charge in [0.1, 0.15) is 0 Å². The van der Waals surface area contributed by atoms with Crippen LogP contribution in [0.15, 0.2) is 60.8 Å².